The smallest absolute Gasteiger partial charge is 0.338 e. The zero-order valence-electron chi connectivity index (χ0n) is 12.9. The minimum atomic E-state index is -1.13. The van der Waals surface area contributed by atoms with Crippen molar-refractivity contribution in [2.45, 2.75) is 19.1 Å². The van der Waals surface area contributed by atoms with Crippen molar-refractivity contribution < 1.29 is 23.8 Å². The van der Waals surface area contributed by atoms with Crippen molar-refractivity contribution in [1.82, 2.24) is 4.90 Å². The van der Waals surface area contributed by atoms with Crippen molar-refractivity contribution in [3.05, 3.63) is 58.5 Å². The molecule has 1 aromatic carbocycles. The number of aromatic carboxylic acids is 1. The van der Waals surface area contributed by atoms with Crippen molar-refractivity contribution in [2.75, 3.05) is 13.2 Å². The van der Waals surface area contributed by atoms with Gasteiger partial charge >= 0.3 is 5.97 Å². The summed E-state index contributed by atoms with van der Waals surface area (Å²) in [7, 11) is 0. The van der Waals surface area contributed by atoms with Gasteiger partial charge in [0.15, 0.2) is 5.76 Å². The summed E-state index contributed by atoms with van der Waals surface area (Å²) < 4.78 is 10.9. The monoisotopic (exact) mass is 349 g/mol. The maximum absolute atomic E-state index is 12.6. The van der Waals surface area contributed by atoms with E-state index in [-0.39, 0.29) is 29.4 Å². The quantitative estimate of drug-likeness (QED) is 0.920. The fourth-order valence-electron chi connectivity index (χ4n) is 2.65. The lowest BCUT2D eigenvalue weighted by Gasteiger charge is -2.37. The van der Waals surface area contributed by atoms with Gasteiger partial charge in [0.1, 0.15) is 12.4 Å². The number of rotatable bonds is 3. The molecule has 6 nitrogen and oxygen atoms in total. The van der Waals surface area contributed by atoms with Crippen molar-refractivity contribution in [3.8, 4) is 0 Å². The highest BCUT2D eigenvalue weighted by Gasteiger charge is 2.32. The third kappa shape index (κ3) is 3.29. The maximum atomic E-state index is 12.6. The molecule has 1 aromatic heterocycles. The molecule has 0 spiro atoms. The van der Waals surface area contributed by atoms with Gasteiger partial charge in [0.25, 0.3) is 5.91 Å². The van der Waals surface area contributed by atoms with Gasteiger partial charge in [-0.25, -0.2) is 4.79 Å². The Bertz CT molecular complexity index is 772. The second kappa shape index (κ2) is 6.67. The number of benzene rings is 1. The minimum Gasteiger partial charge on any atom is -0.478 e. The van der Waals surface area contributed by atoms with Crippen LogP contribution in [-0.2, 0) is 4.74 Å². The van der Waals surface area contributed by atoms with Crippen LogP contribution in [0.1, 0.15) is 39.5 Å². The third-order valence-electron chi connectivity index (χ3n) is 3.97. The number of hydrogen-bond acceptors (Lipinski definition) is 4. The zero-order chi connectivity index (χ0) is 17.3. The Morgan fingerprint density at radius 3 is 2.79 bits per heavy atom. The third-order valence-corrected chi connectivity index (χ3v) is 4.21. The lowest BCUT2D eigenvalue weighted by molar-refractivity contribution is -0.0495. The van der Waals surface area contributed by atoms with Gasteiger partial charge in [-0.05, 0) is 24.6 Å². The fraction of sp³-hybridized carbons (Fsp3) is 0.294. The number of carbonyl (C=O) groups excluding carboxylic acids is 1. The molecule has 2 aromatic rings. The van der Waals surface area contributed by atoms with Crippen molar-refractivity contribution >= 4 is 23.5 Å². The number of carbonyl (C=O) groups is 2. The molecule has 0 aliphatic carbocycles. The normalized spacial score (nSPS) is 20.8. The summed E-state index contributed by atoms with van der Waals surface area (Å²) in [6.45, 7) is 2.58. The Kier molecular flexibility index (Phi) is 4.59. The first-order valence-corrected chi connectivity index (χ1v) is 7.83. The van der Waals surface area contributed by atoms with Crippen LogP contribution in [-0.4, -0.2) is 41.1 Å². The Morgan fingerprint density at radius 1 is 1.33 bits per heavy atom. The summed E-state index contributed by atoms with van der Waals surface area (Å²) in [6.07, 6.45) is 0.771. The van der Waals surface area contributed by atoms with Crippen LogP contribution >= 0.6 is 11.6 Å². The fourth-order valence-corrected chi connectivity index (χ4v) is 2.85. The van der Waals surface area contributed by atoms with Gasteiger partial charge in [0.2, 0.25) is 0 Å². The van der Waals surface area contributed by atoms with E-state index in [1.54, 1.807) is 17.0 Å². The van der Waals surface area contributed by atoms with Gasteiger partial charge in [-0.1, -0.05) is 23.7 Å². The average Bonchev–Trinajstić information content (AvgIpc) is 3.05. The van der Waals surface area contributed by atoms with E-state index in [0.29, 0.717) is 18.2 Å². The average molecular weight is 350 g/mol. The number of halogens is 1. The largest absolute Gasteiger partial charge is 0.478 e. The van der Waals surface area contributed by atoms with Crippen LogP contribution in [0.25, 0.3) is 0 Å². The van der Waals surface area contributed by atoms with E-state index in [9.17, 15) is 9.59 Å². The van der Waals surface area contributed by atoms with Crippen LogP contribution in [0.4, 0.5) is 0 Å². The van der Waals surface area contributed by atoms with Gasteiger partial charge in [-0.15, -0.1) is 0 Å². The number of morpholine rings is 1. The summed E-state index contributed by atoms with van der Waals surface area (Å²) >= 11 is 6.01. The first-order chi connectivity index (χ1) is 11.5. The molecule has 1 aliphatic heterocycles. The number of hydrogen-bond donors (Lipinski definition) is 1. The van der Waals surface area contributed by atoms with Gasteiger partial charge < -0.3 is 19.2 Å². The summed E-state index contributed by atoms with van der Waals surface area (Å²) in [5.41, 5.74) is 0.837. The maximum Gasteiger partial charge on any atom is 0.338 e. The van der Waals surface area contributed by atoms with E-state index in [0.717, 1.165) is 11.8 Å². The summed E-state index contributed by atoms with van der Waals surface area (Å²) in [6, 6.07) is 8.39. The highest BCUT2D eigenvalue weighted by Crippen LogP contribution is 2.28. The number of ether oxygens (including phenoxy) is 1. The first kappa shape index (κ1) is 16.5. The Hall–Kier alpha value is -2.31. The molecule has 0 radical (unpaired) electrons. The molecule has 1 aliphatic rings. The van der Waals surface area contributed by atoms with Crippen molar-refractivity contribution in [1.29, 1.82) is 0 Å². The second-order valence-electron chi connectivity index (χ2n) is 5.69. The molecule has 1 saturated heterocycles. The van der Waals surface area contributed by atoms with E-state index < -0.39 is 5.97 Å². The molecule has 1 N–H and O–H groups in total. The standard InChI is InChI=1S/C17H16ClNO5/c1-10-8-23-15(11-3-2-4-13(18)5-11)7-19(10)16(20)14-6-12(9-24-14)17(21)22/h2-6,9-10,15H,7-8H2,1H3,(H,21,22)/t10-,15-/m0/s1. The molecule has 3 rings (SSSR count). The van der Waals surface area contributed by atoms with Crippen LogP contribution in [0.3, 0.4) is 0 Å². The van der Waals surface area contributed by atoms with Gasteiger partial charge in [0, 0.05) is 11.1 Å². The Balaban J connectivity index is 1.80. The molecular weight excluding hydrogens is 334 g/mol. The lowest BCUT2D eigenvalue weighted by Crippen LogP contribution is -2.48. The lowest BCUT2D eigenvalue weighted by atomic mass is 10.1. The van der Waals surface area contributed by atoms with Crippen LogP contribution < -0.4 is 0 Å². The molecule has 1 fully saturated rings. The van der Waals surface area contributed by atoms with Crippen molar-refractivity contribution in [2.24, 2.45) is 0 Å². The summed E-state index contributed by atoms with van der Waals surface area (Å²) in [5, 5.41) is 9.54. The molecule has 2 heterocycles. The summed E-state index contributed by atoms with van der Waals surface area (Å²) in [4.78, 5) is 25.2. The number of carboxylic acids is 1. The SMILES string of the molecule is C[C@H]1CO[C@H](c2cccc(Cl)c2)CN1C(=O)c1cc(C(=O)O)co1. The van der Waals surface area contributed by atoms with Gasteiger partial charge in [-0.2, -0.15) is 0 Å². The first-order valence-electron chi connectivity index (χ1n) is 7.45. The van der Waals surface area contributed by atoms with E-state index in [2.05, 4.69) is 0 Å². The number of nitrogens with zero attached hydrogens (tertiary/aromatic N) is 1. The molecule has 0 saturated carbocycles. The highest BCUT2D eigenvalue weighted by atomic mass is 35.5. The molecule has 2 atom stereocenters. The number of amides is 1. The molecule has 24 heavy (non-hydrogen) atoms. The van der Waals surface area contributed by atoms with Crippen molar-refractivity contribution in [3.63, 3.8) is 0 Å². The van der Waals surface area contributed by atoms with Crippen LogP contribution in [0.15, 0.2) is 41.0 Å². The predicted molar refractivity (Wildman–Crippen MR) is 86.3 cm³/mol. The minimum absolute atomic E-state index is 0.00555. The molecule has 0 unspecified atom stereocenters. The molecule has 0 bridgehead atoms. The molecule has 126 valence electrons. The van der Waals surface area contributed by atoms with E-state index in [4.69, 9.17) is 25.9 Å². The van der Waals surface area contributed by atoms with Gasteiger partial charge in [-0.3, -0.25) is 4.79 Å². The zero-order valence-corrected chi connectivity index (χ0v) is 13.7. The number of carboxylic acid groups (broad SMARTS) is 1. The van der Waals surface area contributed by atoms with E-state index in [1.807, 2.05) is 19.1 Å². The Labute approximate surface area is 143 Å². The van der Waals surface area contributed by atoms with Crippen LogP contribution in [0.5, 0.6) is 0 Å². The number of furan rings is 1. The molecule has 1 amide bonds. The van der Waals surface area contributed by atoms with Crippen LogP contribution in [0.2, 0.25) is 5.02 Å². The van der Waals surface area contributed by atoms with E-state index >= 15 is 0 Å². The molecular formula is C17H16ClNO5. The van der Waals surface area contributed by atoms with Crippen LogP contribution in [0, 0.1) is 0 Å². The second-order valence-corrected chi connectivity index (χ2v) is 6.12. The predicted octanol–water partition coefficient (Wildman–Crippen LogP) is 3.23. The molecule has 7 heteroatoms. The van der Waals surface area contributed by atoms with Gasteiger partial charge in [0.05, 0.1) is 24.8 Å². The van der Waals surface area contributed by atoms with E-state index in [1.165, 1.54) is 6.07 Å². The Morgan fingerprint density at radius 2 is 2.12 bits per heavy atom. The summed E-state index contributed by atoms with van der Waals surface area (Å²) in [5.74, 6) is -1.49. The highest BCUT2D eigenvalue weighted by molar-refractivity contribution is 6.30. The topological polar surface area (TPSA) is 80.0 Å².